The molecule has 0 amide bonds. The summed E-state index contributed by atoms with van der Waals surface area (Å²) in [6.45, 7) is 2.28. The lowest BCUT2D eigenvalue weighted by molar-refractivity contribution is 0.0196. The van der Waals surface area contributed by atoms with Crippen molar-refractivity contribution in [3.63, 3.8) is 0 Å². The van der Waals surface area contributed by atoms with Crippen LogP contribution in [0.3, 0.4) is 0 Å². The van der Waals surface area contributed by atoms with Crippen LogP contribution in [0.25, 0.3) is 0 Å². The maximum Gasteiger partial charge on any atom is 0.0896 e. The molecule has 2 aliphatic carbocycles. The van der Waals surface area contributed by atoms with Crippen LogP contribution in [-0.4, -0.2) is 5.11 Å². The van der Waals surface area contributed by atoms with E-state index in [0.29, 0.717) is 0 Å². The zero-order valence-electron chi connectivity index (χ0n) is 12.8. The van der Waals surface area contributed by atoms with Crippen molar-refractivity contribution in [2.75, 3.05) is 0 Å². The topological polar surface area (TPSA) is 20.2 Å². The second-order valence-electron chi connectivity index (χ2n) is 6.99. The molecule has 1 aromatic carbocycles. The number of benzene rings is 1. The molecule has 0 bridgehead atoms. The third-order valence-corrected chi connectivity index (χ3v) is 5.77. The van der Waals surface area contributed by atoms with Crippen molar-refractivity contribution in [1.29, 1.82) is 0 Å². The highest BCUT2D eigenvalue weighted by atomic mass is 16.3. The standard InChI is InChI=1S/C19H28O/c1-2-15-5-4-13-19(20,14-12-15)18-10-8-17(9-11-18)16-6-3-7-16/h8-11,15-16,20H,2-7,12-14H2,1H3. The van der Waals surface area contributed by atoms with Gasteiger partial charge in [0.2, 0.25) is 0 Å². The Morgan fingerprint density at radius 1 is 1.00 bits per heavy atom. The summed E-state index contributed by atoms with van der Waals surface area (Å²) in [5.74, 6) is 1.61. The molecule has 20 heavy (non-hydrogen) atoms. The van der Waals surface area contributed by atoms with Gasteiger partial charge in [0.15, 0.2) is 0 Å². The fourth-order valence-corrected chi connectivity index (χ4v) is 3.90. The Morgan fingerprint density at radius 3 is 2.35 bits per heavy atom. The molecule has 1 aromatic rings. The molecule has 0 heterocycles. The minimum atomic E-state index is -0.567. The maximum atomic E-state index is 11.0. The second-order valence-corrected chi connectivity index (χ2v) is 6.99. The van der Waals surface area contributed by atoms with Crippen molar-refractivity contribution in [1.82, 2.24) is 0 Å². The van der Waals surface area contributed by atoms with E-state index in [1.165, 1.54) is 50.5 Å². The first-order chi connectivity index (χ1) is 9.71. The molecule has 2 unspecified atom stereocenters. The van der Waals surface area contributed by atoms with Gasteiger partial charge in [0, 0.05) is 0 Å². The van der Waals surface area contributed by atoms with Gasteiger partial charge in [0.25, 0.3) is 0 Å². The number of hydrogen-bond donors (Lipinski definition) is 1. The predicted molar refractivity (Wildman–Crippen MR) is 83.8 cm³/mol. The SMILES string of the molecule is CCC1CCCC(O)(c2ccc(C3CCC3)cc2)CC1. The molecule has 1 N–H and O–H groups in total. The Labute approximate surface area is 123 Å². The van der Waals surface area contributed by atoms with Crippen LogP contribution in [0.4, 0.5) is 0 Å². The second kappa shape index (κ2) is 5.89. The molecular weight excluding hydrogens is 244 g/mol. The van der Waals surface area contributed by atoms with Crippen molar-refractivity contribution >= 4 is 0 Å². The van der Waals surface area contributed by atoms with Crippen LogP contribution in [-0.2, 0) is 5.60 Å². The summed E-state index contributed by atoms with van der Waals surface area (Å²) in [6.07, 6.45) is 10.9. The summed E-state index contributed by atoms with van der Waals surface area (Å²) in [7, 11) is 0. The lowest BCUT2D eigenvalue weighted by atomic mass is 9.78. The van der Waals surface area contributed by atoms with Crippen molar-refractivity contribution < 1.29 is 5.11 Å². The van der Waals surface area contributed by atoms with Crippen LogP contribution >= 0.6 is 0 Å². The van der Waals surface area contributed by atoms with Crippen molar-refractivity contribution in [3.8, 4) is 0 Å². The molecule has 2 saturated carbocycles. The molecule has 0 aromatic heterocycles. The third kappa shape index (κ3) is 2.79. The van der Waals surface area contributed by atoms with Crippen LogP contribution in [0.1, 0.15) is 81.8 Å². The number of hydrogen-bond acceptors (Lipinski definition) is 1. The molecule has 1 nitrogen and oxygen atoms in total. The average molecular weight is 272 g/mol. The molecule has 0 radical (unpaired) electrons. The van der Waals surface area contributed by atoms with Gasteiger partial charge in [-0.15, -0.1) is 0 Å². The van der Waals surface area contributed by atoms with E-state index in [0.717, 1.165) is 30.2 Å². The Hall–Kier alpha value is -0.820. The Kier molecular flexibility index (Phi) is 4.16. The van der Waals surface area contributed by atoms with Gasteiger partial charge in [-0.1, -0.05) is 50.5 Å². The minimum absolute atomic E-state index is 0.567. The van der Waals surface area contributed by atoms with E-state index < -0.39 is 5.60 Å². The molecule has 3 rings (SSSR count). The van der Waals surface area contributed by atoms with Crippen LogP contribution in [0, 0.1) is 5.92 Å². The quantitative estimate of drug-likeness (QED) is 0.756. The zero-order valence-corrected chi connectivity index (χ0v) is 12.8. The van der Waals surface area contributed by atoms with Gasteiger partial charge >= 0.3 is 0 Å². The van der Waals surface area contributed by atoms with Crippen LogP contribution in [0.15, 0.2) is 24.3 Å². The summed E-state index contributed by atoms with van der Waals surface area (Å²) in [6, 6.07) is 8.92. The first-order valence-corrected chi connectivity index (χ1v) is 8.54. The van der Waals surface area contributed by atoms with E-state index in [2.05, 4.69) is 31.2 Å². The highest BCUT2D eigenvalue weighted by Gasteiger charge is 2.32. The smallest absolute Gasteiger partial charge is 0.0896 e. The number of aliphatic hydroxyl groups is 1. The van der Waals surface area contributed by atoms with Gasteiger partial charge in [-0.25, -0.2) is 0 Å². The summed E-state index contributed by atoms with van der Waals surface area (Å²) in [5, 5.41) is 11.0. The molecule has 2 atom stereocenters. The summed E-state index contributed by atoms with van der Waals surface area (Å²) in [4.78, 5) is 0. The molecule has 2 fully saturated rings. The summed E-state index contributed by atoms with van der Waals surface area (Å²) in [5.41, 5.74) is 2.06. The van der Waals surface area contributed by atoms with E-state index in [1.807, 2.05) is 0 Å². The predicted octanol–water partition coefficient (Wildman–Crippen LogP) is 5.13. The fraction of sp³-hybridized carbons (Fsp3) is 0.684. The van der Waals surface area contributed by atoms with Crippen LogP contribution in [0.2, 0.25) is 0 Å². The van der Waals surface area contributed by atoms with E-state index >= 15 is 0 Å². The molecule has 0 spiro atoms. The van der Waals surface area contributed by atoms with Crippen LogP contribution < -0.4 is 0 Å². The zero-order chi connectivity index (χ0) is 14.0. The third-order valence-electron chi connectivity index (χ3n) is 5.77. The highest BCUT2D eigenvalue weighted by Crippen LogP contribution is 2.40. The average Bonchev–Trinajstić information content (AvgIpc) is 2.60. The first-order valence-electron chi connectivity index (χ1n) is 8.54. The van der Waals surface area contributed by atoms with Gasteiger partial charge in [0.05, 0.1) is 5.60 Å². The van der Waals surface area contributed by atoms with Gasteiger partial charge in [-0.05, 0) is 61.5 Å². The molecule has 0 saturated heterocycles. The van der Waals surface area contributed by atoms with E-state index in [1.54, 1.807) is 0 Å². The molecule has 0 aliphatic heterocycles. The lowest BCUT2D eigenvalue weighted by Gasteiger charge is -2.29. The highest BCUT2D eigenvalue weighted by molar-refractivity contribution is 5.30. The number of rotatable bonds is 3. The molecule has 2 aliphatic rings. The first kappa shape index (κ1) is 14.1. The Bertz CT molecular complexity index is 432. The molecular formula is C19H28O. The van der Waals surface area contributed by atoms with Gasteiger partial charge in [-0.2, -0.15) is 0 Å². The normalized spacial score (nSPS) is 31.6. The van der Waals surface area contributed by atoms with Gasteiger partial charge in [-0.3, -0.25) is 0 Å². The van der Waals surface area contributed by atoms with Gasteiger partial charge < -0.3 is 5.11 Å². The molecule has 1 heteroatoms. The van der Waals surface area contributed by atoms with Crippen LogP contribution in [0.5, 0.6) is 0 Å². The van der Waals surface area contributed by atoms with Crippen molar-refractivity contribution in [2.45, 2.75) is 76.2 Å². The summed E-state index contributed by atoms with van der Waals surface area (Å²) >= 11 is 0. The van der Waals surface area contributed by atoms with E-state index in [9.17, 15) is 5.11 Å². The largest absolute Gasteiger partial charge is 0.385 e. The summed E-state index contributed by atoms with van der Waals surface area (Å²) < 4.78 is 0. The van der Waals surface area contributed by atoms with E-state index in [-0.39, 0.29) is 0 Å². The fourth-order valence-electron chi connectivity index (χ4n) is 3.90. The van der Waals surface area contributed by atoms with E-state index in [4.69, 9.17) is 0 Å². The van der Waals surface area contributed by atoms with Gasteiger partial charge in [0.1, 0.15) is 0 Å². The minimum Gasteiger partial charge on any atom is -0.385 e. The molecule has 110 valence electrons. The van der Waals surface area contributed by atoms with Crippen molar-refractivity contribution in [3.05, 3.63) is 35.4 Å². The maximum absolute atomic E-state index is 11.0. The lowest BCUT2D eigenvalue weighted by Crippen LogP contribution is -2.25. The Balaban J connectivity index is 1.73. The monoisotopic (exact) mass is 272 g/mol. The van der Waals surface area contributed by atoms with Crippen molar-refractivity contribution in [2.24, 2.45) is 5.92 Å². The Morgan fingerprint density at radius 2 is 1.75 bits per heavy atom.